The summed E-state index contributed by atoms with van der Waals surface area (Å²) in [6.45, 7) is 2.96. The maximum Gasteiger partial charge on any atom is 0.226 e. The SMILES string of the molecule is COc1cc(C)ccc1OCCC(=O)N(Cc1cccnc1)C1CC1. The summed E-state index contributed by atoms with van der Waals surface area (Å²) in [6, 6.07) is 10.0. The fraction of sp³-hybridized carbons (Fsp3) is 0.400. The summed E-state index contributed by atoms with van der Waals surface area (Å²) in [5.41, 5.74) is 2.17. The van der Waals surface area contributed by atoms with E-state index < -0.39 is 0 Å². The van der Waals surface area contributed by atoms with E-state index in [4.69, 9.17) is 9.47 Å². The van der Waals surface area contributed by atoms with Gasteiger partial charge in [0.25, 0.3) is 0 Å². The fourth-order valence-electron chi connectivity index (χ4n) is 2.78. The highest BCUT2D eigenvalue weighted by Gasteiger charge is 2.32. The number of rotatable bonds is 8. The summed E-state index contributed by atoms with van der Waals surface area (Å²) in [4.78, 5) is 18.7. The minimum atomic E-state index is 0.123. The van der Waals surface area contributed by atoms with Gasteiger partial charge in [0.1, 0.15) is 0 Å². The van der Waals surface area contributed by atoms with Crippen LogP contribution in [0.2, 0.25) is 0 Å². The van der Waals surface area contributed by atoms with Gasteiger partial charge in [-0.15, -0.1) is 0 Å². The van der Waals surface area contributed by atoms with Gasteiger partial charge in [-0.1, -0.05) is 12.1 Å². The molecule has 1 saturated carbocycles. The van der Waals surface area contributed by atoms with Gasteiger partial charge in [-0.3, -0.25) is 9.78 Å². The number of ether oxygens (including phenoxy) is 2. The Bertz CT molecular complexity index is 714. The van der Waals surface area contributed by atoms with E-state index in [-0.39, 0.29) is 5.91 Å². The molecule has 2 aromatic rings. The number of aryl methyl sites for hydroxylation is 1. The second-order valence-corrected chi connectivity index (χ2v) is 6.37. The predicted molar refractivity (Wildman–Crippen MR) is 95.7 cm³/mol. The van der Waals surface area contributed by atoms with E-state index in [0.717, 1.165) is 24.0 Å². The summed E-state index contributed by atoms with van der Waals surface area (Å²) < 4.78 is 11.1. The third kappa shape index (κ3) is 4.72. The molecule has 0 saturated heterocycles. The van der Waals surface area contributed by atoms with Crippen molar-refractivity contribution in [3.63, 3.8) is 0 Å². The number of hydrogen-bond acceptors (Lipinski definition) is 4. The van der Waals surface area contributed by atoms with Crippen LogP contribution in [0, 0.1) is 6.92 Å². The van der Waals surface area contributed by atoms with E-state index >= 15 is 0 Å². The van der Waals surface area contributed by atoms with Crippen LogP contribution in [0.1, 0.15) is 30.4 Å². The summed E-state index contributed by atoms with van der Waals surface area (Å²) in [6.07, 6.45) is 6.08. The lowest BCUT2D eigenvalue weighted by molar-refractivity contribution is -0.133. The normalized spacial score (nSPS) is 13.4. The van der Waals surface area contributed by atoms with Gasteiger partial charge in [0.15, 0.2) is 11.5 Å². The molecule has 0 spiro atoms. The topological polar surface area (TPSA) is 51.7 Å². The number of amides is 1. The van der Waals surface area contributed by atoms with Crippen LogP contribution in [0.3, 0.4) is 0 Å². The molecular formula is C20H24N2O3. The minimum Gasteiger partial charge on any atom is -0.493 e. The zero-order valence-corrected chi connectivity index (χ0v) is 14.8. The molecule has 1 aromatic heterocycles. The molecule has 132 valence electrons. The Balaban J connectivity index is 1.55. The van der Waals surface area contributed by atoms with Crippen LogP contribution in [0.25, 0.3) is 0 Å². The highest BCUT2D eigenvalue weighted by molar-refractivity contribution is 5.77. The second kappa shape index (κ2) is 8.01. The van der Waals surface area contributed by atoms with Crippen molar-refractivity contribution in [2.75, 3.05) is 13.7 Å². The van der Waals surface area contributed by atoms with Crippen molar-refractivity contribution in [3.05, 3.63) is 53.9 Å². The van der Waals surface area contributed by atoms with E-state index in [9.17, 15) is 4.79 Å². The number of carbonyl (C=O) groups is 1. The lowest BCUT2D eigenvalue weighted by Gasteiger charge is -2.22. The van der Waals surface area contributed by atoms with E-state index in [1.54, 1.807) is 13.3 Å². The Kier molecular flexibility index (Phi) is 5.53. The first-order chi connectivity index (χ1) is 12.2. The molecule has 1 fully saturated rings. The third-order valence-electron chi connectivity index (χ3n) is 4.28. The van der Waals surface area contributed by atoms with Crippen LogP contribution in [0.5, 0.6) is 11.5 Å². The summed E-state index contributed by atoms with van der Waals surface area (Å²) in [5.74, 6) is 1.49. The van der Waals surface area contributed by atoms with E-state index in [1.165, 1.54) is 0 Å². The predicted octanol–water partition coefficient (Wildman–Crippen LogP) is 3.36. The van der Waals surface area contributed by atoms with Crippen molar-refractivity contribution >= 4 is 5.91 Å². The fourth-order valence-corrected chi connectivity index (χ4v) is 2.78. The van der Waals surface area contributed by atoms with Crippen molar-refractivity contribution in [3.8, 4) is 11.5 Å². The Hall–Kier alpha value is -2.56. The van der Waals surface area contributed by atoms with Gasteiger partial charge in [-0.2, -0.15) is 0 Å². The van der Waals surface area contributed by atoms with Crippen LogP contribution >= 0.6 is 0 Å². The van der Waals surface area contributed by atoms with E-state index in [0.29, 0.717) is 37.1 Å². The highest BCUT2D eigenvalue weighted by Crippen LogP contribution is 2.30. The maximum absolute atomic E-state index is 12.6. The molecule has 1 amide bonds. The Labute approximate surface area is 148 Å². The zero-order valence-electron chi connectivity index (χ0n) is 14.8. The Morgan fingerprint density at radius 3 is 2.80 bits per heavy atom. The number of aromatic nitrogens is 1. The highest BCUT2D eigenvalue weighted by atomic mass is 16.5. The first-order valence-corrected chi connectivity index (χ1v) is 8.63. The summed E-state index contributed by atoms with van der Waals surface area (Å²) in [5, 5.41) is 0. The van der Waals surface area contributed by atoms with Gasteiger partial charge < -0.3 is 14.4 Å². The van der Waals surface area contributed by atoms with Crippen LogP contribution in [0.15, 0.2) is 42.7 Å². The van der Waals surface area contributed by atoms with Crippen molar-refractivity contribution < 1.29 is 14.3 Å². The largest absolute Gasteiger partial charge is 0.493 e. The van der Waals surface area contributed by atoms with Gasteiger partial charge in [0.2, 0.25) is 5.91 Å². The molecule has 0 aliphatic heterocycles. The van der Waals surface area contributed by atoms with Gasteiger partial charge in [-0.25, -0.2) is 0 Å². The maximum atomic E-state index is 12.6. The molecule has 1 heterocycles. The lowest BCUT2D eigenvalue weighted by Crippen LogP contribution is -2.33. The van der Waals surface area contributed by atoms with Crippen molar-refractivity contribution in [1.82, 2.24) is 9.88 Å². The molecule has 0 unspecified atom stereocenters. The van der Waals surface area contributed by atoms with Crippen LogP contribution in [0.4, 0.5) is 0 Å². The number of benzene rings is 1. The quantitative estimate of drug-likeness (QED) is 0.739. The molecule has 5 nitrogen and oxygen atoms in total. The molecule has 1 aliphatic carbocycles. The van der Waals surface area contributed by atoms with Crippen molar-refractivity contribution in [2.24, 2.45) is 0 Å². The number of nitrogens with zero attached hydrogens (tertiary/aromatic N) is 2. The number of pyridine rings is 1. The third-order valence-corrected chi connectivity index (χ3v) is 4.28. The monoisotopic (exact) mass is 340 g/mol. The molecule has 1 aliphatic rings. The molecule has 3 rings (SSSR count). The van der Waals surface area contributed by atoms with Gasteiger partial charge in [0.05, 0.1) is 20.1 Å². The van der Waals surface area contributed by atoms with Gasteiger partial charge >= 0.3 is 0 Å². The van der Waals surface area contributed by atoms with Gasteiger partial charge in [0, 0.05) is 25.0 Å². The van der Waals surface area contributed by atoms with E-state index in [1.807, 2.05) is 48.4 Å². The first kappa shape index (κ1) is 17.3. The second-order valence-electron chi connectivity index (χ2n) is 6.37. The van der Waals surface area contributed by atoms with Crippen LogP contribution in [-0.4, -0.2) is 35.5 Å². The molecular weight excluding hydrogens is 316 g/mol. The standard InChI is InChI=1S/C20H24N2O3/c1-15-5-8-18(19(12-15)24-2)25-11-9-20(23)22(17-6-7-17)14-16-4-3-10-21-13-16/h3-5,8,10,12-13,17H,6-7,9,11,14H2,1-2H3. The van der Waals surface area contributed by atoms with Crippen molar-refractivity contribution in [1.29, 1.82) is 0 Å². The number of methoxy groups -OCH3 is 1. The van der Waals surface area contributed by atoms with Crippen molar-refractivity contribution in [2.45, 2.75) is 38.8 Å². The first-order valence-electron chi connectivity index (χ1n) is 8.63. The molecule has 0 radical (unpaired) electrons. The summed E-state index contributed by atoms with van der Waals surface area (Å²) >= 11 is 0. The molecule has 0 N–H and O–H groups in total. The Morgan fingerprint density at radius 1 is 1.28 bits per heavy atom. The average molecular weight is 340 g/mol. The van der Waals surface area contributed by atoms with Crippen LogP contribution < -0.4 is 9.47 Å². The number of carbonyl (C=O) groups excluding carboxylic acids is 1. The summed E-state index contributed by atoms with van der Waals surface area (Å²) in [7, 11) is 1.62. The smallest absolute Gasteiger partial charge is 0.226 e. The van der Waals surface area contributed by atoms with E-state index in [2.05, 4.69) is 4.98 Å². The molecule has 1 aromatic carbocycles. The molecule has 0 atom stereocenters. The lowest BCUT2D eigenvalue weighted by atomic mass is 10.2. The van der Waals surface area contributed by atoms with Crippen LogP contribution in [-0.2, 0) is 11.3 Å². The Morgan fingerprint density at radius 2 is 2.12 bits per heavy atom. The molecule has 25 heavy (non-hydrogen) atoms. The van der Waals surface area contributed by atoms with Gasteiger partial charge in [-0.05, 0) is 49.1 Å². The average Bonchev–Trinajstić information content (AvgIpc) is 3.46. The number of hydrogen-bond donors (Lipinski definition) is 0. The minimum absolute atomic E-state index is 0.123. The molecule has 5 heteroatoms. The zero-order chi connectivity index (χ0) is 17.6. The molecule has 0 bridgehead atoms.